The average Bonchev–Trinajstić information content (AvgIpc) is 2.80. The van der Waals surface area contributed by atoms with Crippen molar-refractivity contribution >= 4 is 45.7 Å². The van der Waals surface area contributed by atoms with Gasteiger partial charge in [0.1, 0.15) is 0 Å². The zero-order chi connectivity index (χ0) is 20.7. The Hall–Kier alpha value is -3.34. The molecule has 1 N–H and O–H groups in total. The fraction of sp³-hybridized carbons (Fsp3) is 0.0400. The molecule has 31 heavy (non-hydrogen) atoms. The van der Waals surface area contributed by atoms with Crippen molar-refractivity contribution in [3.63, 3.8) is 0 Å². The summed E-state index contributed by atoms with van der Waals surface area (Å²) in [5.74, 6) is 0.225. The van der Waals surface area contributed by atoms with Crippen molar-refractivity contribution in [2.24, 2.45) is 0 Å². The molecule has 6 heteroatoms. The fourth-order valence-corrected chi connectivity index (χ4v) is 3.99. The monoisotopic (exact) mass is 448 g/mol. The second-order valence-electron chi connectivity index (χ2n) is 6.99. The molecule has 0 saturated carbocycles. The van der Waals surface area contributed by atoms with Crippen LogP contribution in [-0.2, 0) is 0 Å². The van der Waals surface area contributed by atoms with Crippen LogP contribution in [0.4, 0.5) is 0 Å². The van der Waals surface area contributed by atoms with Crippen LogP contribution in [0.25, 0.3) is 44.1 Å². The van der Waals surface area contributed by atoms with E-state index in [1.165, 1.54) is 7.11 Å². The Bertz CT molecular complexity index is 1410. The van der Waals surface area contributed by atoms with Gasteiger partial charge in [-0.2, -0.15) is 0 Å². The minimum Gasteiger partial charge on any atom is -0.503 e. The standard InChI is InChI=1S/C25H17ClN2O2.ClH/c1-30-23-12-17(11-20(26)25(23)29)22-13-19(16-6-4-10-27-14-16)24-18-7-3-2-5-15(18)8-9-21(24)28-22;/h2-14,29H,1H3;1H. The van der Waals surface area contributed by atoms with Gasteiger partial charge in [0.05, 0.1) is 23.3 Å². The van der Waals surface area contributed by atoms with Gasteiger partial charge in [-0.3, -0.25) is 4.98 Å². The number of methoxy groups -OCH3 is 1. The number of aromatic hydroxyl groups is 1. The topological polar surface area (TPSA) is 55.2 Å². The zero-order valence-corrected chi connectivity index (χ0v) is 18.1. The second-order valence-corrected chi connectivity index (χ2v) is 7.39. The summed E-state index contributed by atoms with van der Waals surface area (Å²) in [4.78, 5) is 9.22. The molecule has 2 aromatic heterocycles. The van der Waals surface area contributed by atoms with Gasteiger partial charge in [-0.05, 0) is 46.7 Å². The van der Waals surface area contributed by atoms with E-state index in [2.05, 4.69) is 23.2 Å². The Labute approximate surface area is 190 Å². The number of ether oxygens (including phenoxy) is 1. The summed E-state index contributed by atoms with van der Waals surface area (Å²) >= 11 is 6.23. The third kappa shape index (κ3) is 3.65. The van der Waals surface area contributed by atoms with E-state index >= 15 is 0 Å². The van der Waals surface area contributed by atoms with Crippen molar-refractivity contribution in [3.05, 3.63) is 84.1 Å². The number of hydrogen-bond acceptors (Lipinski definition) is 4. The smallest absolute Gasteiger partial charge is 0.176 e. The molecule has 0 spiro atoms. The number of nitrogens with zero attached hydrogens (tertiary/aromatic N) is 2. The summed E-state index contributed by atoms with van der Waals surface area (Å²) in [6.07, 6.45) is 3.61. The Kier molecular flexibility index (Phi) is 5.68. The molecule has 5 rings (SSSR count). The van der Waals surface area contributed by atoms with E-state index in [0.29, 0.717) is 5.75 Å². The Morgan fingerprint density at radius 2 is 1.77 bits per heavy atom. The lowest BCUT2D eigenvalue weighted by Crippen LogP contribution is -1.93. The van der Waals surface area contributed by atoms with Crippen molar-refractivity contribution in [1.82, 2.24) is 9.97 Å². The number of pyridine rings is 2. The van der Waals surface area contributed by atoms with Crippen molar-refractivity contribution in [2.45, 2.75) is 0 Å². The highest BCUT2D eigenvalue weighted by Gasteiger charge is 2.15. The molecule has 0 atom stereocenters. The Morgan fingerprint density at radius 3 is 2.55 bits per heavy atom. The third-order valence-electron chi connectivity index (χ3n) is 5.21. The molecule has 0 radical (unpaired) electrons. The number of rotatable bonds is 3. The van der Waals surface area contributed by atoms with Crippen LogP contribution < -0.4 is 4.74 Å². The van der Waals surface area contributed by atoms with Crippen molar-refractivity contribution < 1.29 is 9.84 Å². The zero-order valence-electron chi connectivity index (χ0n) is 16.5. The lowest BCUT2D eigenvalue weighted by Gasteiger charge is -2.14. The molecule has 0 bridgehead atoms. The minimum absolute atomic E-state index is 0. The molecule has 0 saturated heterocycles. The number of benzene rings is 3. The lowest BCUT2D eigenvalue weighted by molar-refractivity contribution is 0.374. The molecule has 0 fully saturated rings. The van der Waals surface area contributed by atoms with Crippen LogP contribution in [0.1, 0.15) is 0 Å². The van der Waals surface area contributed by atoms with E-state index in [1.54, 1.807) is 18.3 Å². The first-order valence-corrected chi connectivity index (χ1v) is 9.83. The molecular weight excluding hydrogens is 431 g/mol. The van der Waals surface area contributed by atoms with Crippen molar-refractivity contribution in [1.29, 1.82) is 0 Å². The largest absolute Gasteiger partial charge is 0.503 e. The molecule has 154 valence electrons. The number of aromatic nitrogens is 2. The van der Waals surface area contributed by atoms with Crippen LogP contribution in [0.3, 0.4) is 0 Å². The molecule has 4 nitrogen and oxygen atoms in total. The van der Waals surface area contributed by atoms with Crippen LogP contribution in [0.15, 0.2) is 79.1 Å². The number of fused-ring (bicyclic) bond motifs is 3. The van der Waals surface area contributed by atoms with Crippen molar-refractivity contribution in [3.8, 4) is 33.9 Å². The molecule has 0 aliphatic heterocycles. The maximum absolute atomic E-state index is 10.1. The predicted octanol–water partition coefficient (Wildman–Crippen LogP) is 6.91. The SMILES string of the molecule is COc1cc(-c2cc(-c3cccnc3)c3c(ccc4ccccc43)n2)cc(Cl)c1O.Cl. The summed E-state index contributed by atoms with van der Waals surface area (Å²) < 4.78 is 5.28. The highest BCUT2D eigenvalue weighted by molar-refractivity contribution is 6.32. The van der Waals surface area contributed by atoms with Gasteiger partial charge in [-0.15, -0.1) is 12.4 Å². The normalized spacial score (nSPS) is 10.8. The van der Waals surface area contributed by atoms with Gasteiger partial charge in [0, 0.05) is 28.9 Å². The summed E-state index contributed by atoms with van der Waals surface area (Å²) in [6.45, 7) is 0. The van der Waals surface area contributed by atoms with Gasteiger partial charge in [0.2, 0.25) is 0 Å². The van der Waals surface area contributed by atoms with Gasteiger partial charge in [0.25, 0.3) is 0 Å². The molecule has 3 aromatic carbocycles. The number of hydrogen-bond donors (Lipinski definition) is 1. The molecule has 0 amide bonds. The van der Waals surface area contributed by atoms with Crippen LogP contribution in [0, 0.1) is 0 Å². The van der Waals surface area contributed by atoms with Gasteiger partial charge in [-0.1, -0.05) is 48.0 Å². The minimum atomic E-state index is -0.0813. The van der Waals surface area contributed by atoms with Gasteiger partial charge >= 0.3 is 0 Å². The number of phenolic OH excluding ortho intramolecular Hbond substituents is 1. The first kappa shape index (κ1) is 20.9. The maximum atomic E-state index is 10.1. The van der Waals surface area contributed by atoms with Crippen LogP contribution in [-0.4, -0.2) is 22.2 Å². The molecule has 0 aliphatic carbocycles. The number of halogens is 2. The molecule has 0 unspecified atom stereocenters. The van der Waals surface area contributed by atoms with E-state index in [1.807, 2.05) is 42.6 Å². The first-order valence-electron chi connectivity index (χ1n) is 9.45. The summed E-state index contributed by atoms with van der Waals surface area (Å²) in [7, 11) is 1.50. The first-order chi connectivity index (χ1) is 14.7. The summed E-state index contributed by atoms with van der Waals surface area (Å²) in [5.41, 5.74) is 4.39. The van der Waals surface area contributed by atoms with E-state index in [-0.39, 0.29) is 23.2 Å². The van der Waals surface area contributed by atoms with Gasteiger partial charge < -0.3 is 9.84 Å². The summed E-state index contributed by atoms with van der Waals surface area (Å²) in [6, 6.07) is 21.8. The third-order valence-corrected chi connectivity index (χ3v) is 5.50. The Morgan fingerprint density at radius 1 is 0.935 bits per heavy atom. The molecule has 5 aromatic rings. The van der Waals surface area contributed by atoms with Gasteiger partial charge in [0.15, 0.2) is 11.5 Å². The lowest BCUT2D eigenvalue weighted by atomic mass is 9.95. The van der Waals surface area contributed by atoms with Crippen LogP contribution in [0.2, 0.25) is 5.02 Å². The fourth-order valence-electron chi connectivity index (χ4n) is 3.78. The van der Waals surface area contributed by atoms with Gasteiger partial charge in [-0.25, -0.2) is 4.98 Å². The highest BCUT2D eigenvalue weighted by Crippen LogP contribution is 2.40. The van der Waals surface area contributed by atoms with E-state index < -0.39 is 0 Å². The number of phenols is 1. The summed E-state index contributed by atoms with van der Waals surface area (Å²) in [5, 5.41) is 13.7. The average molecular weight is 449 g/mol. The maximum Gasteiger partial charge on any atom is 0.176 e. The van der Waals surface area contributed by atoms with E-state index in [4.69, 9.17) is 21.3 Å². The molecular formula is C25H18Cl2N2O2. The molecule has 2 heterocycles. The van der Waals surface area contributed by atoms with Crippen LogP contribution in [0.5, 0.6) is 11.5 Å². The van der Waals surface area contributed by atoms with Crippen molar-refractivity contribution in [2.75, 3.05) is 7.11 Å². The predicted molar refractivity (Wildman–Crippen MR) is 128 cm³/mol. The van der Waals surface area contributed by atoms with E-state index in [0.717, 1.165) is 44.1 Å². The Balaban J connectivity index is 0.00000231. The van der Waals surface area contributed by atoms with E-state index in [9.17, 15) is 5.11 Å². The quantitative estimate of drug-likeness (QED) is 0.304. The van der Waals surface area contributed by atoms with Crippen LogP contribution >= 0.6 is 24.0 Å². The highest BCUT2D eigenvalue weighted by atomic mass is 35.5. The second kappa shape index (κ2) is 8.42. The molecule has 0 aliphatic rings.